The van der Waals surface area contributed by atoms with E-state index in [-0.39, 0.29) is 0 Å². The molecule has 0 radical (unpaired) electrons. The molecule has 72 valence electrons. The van der Waals surface area contributed by atoms with Gasteiger partial charge in [0.2, 0.25) is 0 Å². The van der Waals surface area contributed by atoms with Gasteiger partial charge in [0, 0.05) is 11.6 Å². The van der Waals surface area contributed by atoms with Gasteiger partial charge in [0.1, 0.15) is 6.29 Å². The van der Waals surface area contributed by atoms with Gasteiger partial charge >= 0.3 is 0 Å². The number of aldehydes is 1. The average Bonchev–Trinajstić information content (AvgIpc) is 2.27. The maximum absolute atomic E-state index is 10.6. The largest absolute Gasteiger partial charge is 0.356 e. The Kier molecular flexibility index (Phi) is 2.68. The van der Waals surface area contributed by atoms with Gasteiger partial charge in [0.05, 0.1) is 0 Å². The number of rotatable bonds is 2. The molecule has 1 aliphatic carbocycles. The summed E-state index contributed by atoms with van der Waals surface area (Å²) < 4.78 is 0. The second-order valence-electron chi connectivity index (χ2n) is 3.81. The van der Waals surface area contributed by atoms with Crippen molar-refractivity contribution in [3.63, 3.8) is 0 Å². The van der Waals surface area contributed by atoms with Crippen molar-refractivity contribution in [1.29, 1.82) is 0 Å². The molecule has 0 aliphatic heterocycles. The summed E-state index contributed by atoms with van der Waals surface area (Å²) in [5.41, 5.74) is 3.49. The van der Waals surface area contributed by atoms with Gasteiger partial charge in [-0.1, -0.05) is 12.1 Å². The van der Waals surface area contributed by atoms with Gasteiger partial charge in [-0.2, -0.15) is 0 Å². The van der Waals surface area contributed by atoms with Crippen LogP contribution in [0.4, 0.5) is 0 Å². The quantitative estimate of drug-likeness (QED) is 0.553. The highest BCUT2D eigenvalue weighted by atomic mass is 16.1. The third-order valence-electron chi connectivity index (χ3n) is 2.97. The number of fused-ring (bicyclic) bond motifs is 1. The van der Waals surface area contributed by atoms with Crippen LogP contribution in [-0.4, -0.2) is 14.3 Å². The van der Waals surface area contributed by atoms with Gasteiger partial charge in [-0.3, -0.25) is 4.79 Å². The van der Waals surface area contributed by atoms with Crippen LogP contribution in [0, 0.1) is 0 Å². The van der Waals surface area contributed by atoms with E-state index in [1.165, 1.54) is 24.0 Å². The standard InChI is InChI=1S/C11H14BNO/c12-13-11-3-1-2-9-6-8(7-14)4-5-10(9)11/h4-7,11,13H,1-3,12H2/t11-/m0/s1. The summed E-state index contributed by atoms with van der Waals surface area (Å²) in [4.78, 5) is 10.6. The molecule has 14 heavy (non-hydrogen) atoms. The van der Waals surface area contributed by atoms with Gasteiger partial charge < -0.3 is 5.23 Å². The average molecular weight is 187 g/mol. The van der Waals surface area contributed by atoms with E-state index in [0.29, 0.717) is 6.04 Å². The molecule has 2 nitrogen and oxygen atoms in total. The molecule has 0 heterocycles. The monoisotopic (exact) mass is 187 g/mol. The normalized spacial score (nSPS) is 20.1. The Labute approximate surface area is 85.1 Å². The highest BCUT2D eigenvalue weighted by Gasteiger charge is 2.17. The van der Waals surface area contributed by atoms with Crippen LogP contribution in [0.5, 0.6) is 0 Å². The Hall–Kier alpha value is -1.09. The number of benzene rings is 1. The Morgan fingerprint density at radius 1 is 1.50 bits per heavy atom. The first-order valence-electron chi connectivity index (χ1n) is 5.10. The van der Waals surface area contributed by atoms with Gasteiger partial charge in [0.15, 0.2) is 7.98 Å². The van der Waals surface area contributed by atoms with Crippen LogP contribution in [0.25, 0.3) is 0 Å². The summed E-state index contributed by atoms with van der Waals surface area (Å²) >= 11 is 0. The van der Waals surface area contributed by atoms with Crippen LogP contribution in [0.1, 0.15) is 40.4 Å². The molecule has 0 spiro atoms. The predicted octanol–water partition coefficient (Wildman–Crippen LogP) is 1.01. The zero-order chi connectivity index (χ0) is 9.97. The van der Waals surface area contributed by atoms with E-state index >= 15 is 0 Å². The van der Waals surface area contributed by atoms with Crippen molar-refractivity contribution in [1.82, 2.24) is 5.23 Å². The van der Waals surface area contributed by atoms with Crippen LogP contribution >= 0.6 is 0 Å². The summed E-state index contributed by atoms with van der Waals surface area (Å²) in [6.07, 6.45) is 4.43. The first kappa shape index (κ1) is 9.47. The Morgan fingerprint density at radius 3 is 3.07 bits per heavy atom. The van der Waals surface area contributed by atoms with Crippen molar-refractivity contribution >= 4 is 14.3 Å². The molecule has 3 heteroatoms. The van der Waals surface area contributed by atoms with E-state index in [4.69, 9.17) is 0 Å². The molecule has 1 aromatic rings. The lowest BCUT2D eigenvalue weighted by Gasteiger charge is -2.25. The first-order valence-corrected chi connectivity index (χ1v) is 5.10. The molecular formula is C11H14BNO. The SMILES string of the molecule is BN[C@H]1CCCc2cc(C=O)ccc21. The van der Waals surface area contributed by atoms with Crippen molar-refractivity contribution in [2.24, 2.45) is 0 Å². The molecule has 0 saturated heterocycles. The van der Waals surface area contributed by atoms with Crippen molar-refractivity contribution in [2.75, 3.05) is 0 Å². The molecule has 1 N–H and O–H groups in total. The van der Waals surface area contributed by atoms with E-state index in [1.54, 1.807) is 0 Å². The molecule has 0 amide bonds. The second-order valence-corrected chi connectivity index (χ2v) is 3.81. The molecule has 1 aromatic carbocycles. The maximum Gasteiger partial charge on any atom is 0.182 e. The summed E-state index contributed by atoms with van der Waals surface area (Å²) in [5, 5.41) is 3.31. The zero-order valence-electron chi connectivity index (χ0n) is 8.42. The van der Waals surface area contributed by atoms with E-state index in [9.17, 15) is 4.79 Å². The highest BCUT2D eigenvalue weighted by molar-refractivity contribution is 6.04. The van der Waals surface area contributed by atoms with Crippen LogP contribution in [0.15, 0.2) is 18.2 Å². The van der Waals surface area contributed by atoms with Crippen molar-refractivity contribution < 1.29 is 4.79 Å². The second kappa shape index (κ2) is 3.97. The molecule has 2 rings (SSSR count). The van der Waals surface area contributed by atoms with Crippen LogP contribution in [0.3, 0.4) is 0 Å². The number of carbonyl (C=O) groups excluding carboxylic acids is 1. The summed E-state index contributed by atoms with van der Waals surface area (Å²) in [7, 11) is 1.99. The third kappa shape index (κ3) is 1.60. The molecule has 0 unspecified atom stereocenters. The topological polar surface area (TPSA) is 29.1 Å². The Morgan fingerprint density at radius 2 is 2.36 bits per heavy atom. The third-order valence-corrected chi connectivity index (χ3v) is 2.97. The lowest BCUT2D eigenvalue weighted by Crippen LogP contribution is -2.22. The minimum atomic E-state index is 0.472. The fourth-order valence-electron chi connectivity index (χ4n) is 2.21. The smallest absolute Gasteiger partial charge is 0.182 e. The van der Waals surface area contributed by atoms with Crippen molar-refractivity contribution in [3.8, 4) is 0 Å². The van der Waals surface area contributed by atoms with E-state index in [1.807, 2.05) is 20.1 Å². The maximum atomic E-state index is 10.6. The molecule has 0 fully saturated rings. The van der Waals surface area contributed by atoms with Crippen LogP contribution < -0.4 is 5.23 Å². The minimum absolute atomic E-state index is 0.472. The minimum Gasteiger partial charge on any atom is -0.356 e. The van der Waals surface area contributed by atoms with Crippen molar-refractivity contribution in [3.05, 3.63) is 34.9 Å². The summed E-state index contributed by atoms with van der Waals surface area (Å²) in [6.45, 7) is 0. The molecule has 0 saturated carbocycles. The van der Waals surface area contributed by atoms with Crippen LogP contribution in [-0.2, 0) is 6.42 Å². The number of carbonyl (C=O) groups is 1. The molecule has 1 aliphatic rings. The lowest BCUT2D eigenvalue weighted by molar-refractivity contribution is 0.112. The molecular weight excluding hydrogens is 173 g/mol. The van der Waals surface area contributed by atoms with Crippen molar-refractivity contribution in [2.45, 2.75) is 25.3 Å². The summed E-state index contributed by atoms with van der Waals surface area (Å²) in [6, 6.07) is 6.48. The number of nitrogens with one attached hydrogen (secondary N) is 1. The number of hydrogen-bond donors (Lipinski definition) is 1. The van der Waals surface area contributed by atoms with Gasteiger partial charge in [0.25, 0.3) is 0 Å². The fourth-order valence-corrected chi connectivity index (χ4v) is 2.21. The fraction of sp³-hybridized carbons (Fsp3) is 0.364. The van der Waals surface area contributed by atoms with Crippen LogP contribution in [0.2, 0.25) is 0 Å². The molecule has 0 aromatic heterocycles. The predicted molar refractivity (Wildman–Crippen MR) is 59.2 cm³/mol. The van der Waals surface area contributed by atoms with E-state index < -0.39 is 0 Å². The Bertz CT molecular complexity index is 351. The lowest BCUT2D eigenvalue weighted by atomic mass is 9.86. The number of hydrogen-bond acceptors (Lipinski definition) is 2. The number of aryl methyl sites for hydroxylation is 1. The van der Waals surface area contributed by atoms with Gasteiger partial charge in [-0.25, -0.2) is 0 Å². The molecule has 0 bridgehead atoms. The molecule has 1 atom stereocenters. The Balaban J connectivity index is 2.40. The van der Waals surface area contributed by atoms with E-state index in [2.05, 4.69) is 11.3 Å². The summed E-state index contributed by atoms with van der Waals surface area (Å²) in [5.74, 6) is 0. The van der Waals surface area contributed by atoms with Gasteiger partial charge in [-0.15, -0.1) is 0 Å². The zero-order valence-corrected chi connectivity index (χ0v) is 8.42. The van der Waals surface area contributed by atoms with Gasteiger partial charge in [-0.05, 0) is 36.5 Å². The first-order chi connectivity index (χ1) is 6.85. The highest BCUT2D eigenvalue weighted by Crippen LogP contribution is 2.29. The van der Waals surface area contributed by atoms with E-state index in [0.717, 1.165) is 18.3 Å².